The lowest BCUT2D eigenvalue weighted by atomic mass is 9.76. The molecule has 2 aliphatic heterocycles. The van der Waals surface area contributed by atoms with Gasteiger partial charge in [0.05, 0.1) is 12.1 Å². The minimum Gasteiger partial charge on any atom is -0.440 e. The predicted molar refractivity (Wildman–Crippen MR) is 115 cm³/mol. The van der Waals surface area contributed by atoms with Gasteiger partial charge in [0.1, 0.15) is 0 Å². The highest BCUT2D eigenvalue weighted by Gasteiger charge is 2.48. The van der Waals surface area contributed by atoms with Crippen molar-refractivity contribution in [3.8, 4) is 11.3 Å². The van der Waals surface area contributed by atoms with E-state index >= 15 is 0 Å². The SMILES string of the molecule is C.Cc1ccc(C2CC3CCC(C2c2ncc(-c4ccccc4)o2)N3C)cc1. The molecule has 2 saturated heterocycles. The number of aromatic nitrogens is 1. The number of hydrogen-bond donors (Lipinski definition) is 0. The summed E-state index contributed by atoms with van der Waals surface area (Å²) in [6.07, 6.45) is 5.60. The number of likely N-dealkylation sites (N-methyl/N-ethyl adjacent to an activating group) is 1. The van der Waals surface area contributed by atoms with Crippen LogP contribution in [0.2, 0.25) is 0 Å². The highest BCUT2D eigenvalue weighted by Crippen LogP contribution is 2.50. The van der Waals surface area contributed by atoms with Crippen LogP contribution >= 0.6 is 0 Å². The third-order valence-corrected chi connectivity index (χ3v) is 6.64. The van der Waals surface area contributed by atoms with Crippen LogP contribution in [-0.4, -0.2) is 29.0 Å². The lowest BCUT2D eigenvalue weighted by molar-refractivity contribution is 0.124. The summed E-state index contributed by atoms with van der Waals surface area (Å²) in [5.41, 5.74) is 3.83. The number of fused-ring (bicyclic) bond motifs is 2. The first-order valence-corrected chi connectivity index (χ1v) is 10.0. The Morgan fingerprint density at radius 3 is 2.50 bits per heavy atom. The van der Waals surface area contributed by atoms with E-state index in [0.29, 0.717) is 23.9 Å². The summed E-state index contributed by atoms with van der Waals surface area (Å²) >= 11 is 0. The van der Waals surface area contributed by atoms with E-state index in [9.17, 15) is 0 Å². The zero-order valence-corrected chi connectivity index (χ0v) is 16.0. The molecule has 5 rings (SSSR count). The molecular formula is C25H30N2O. The fourth-order valence-electron chi connectivity index (χ4n) is 5.14. The predicted octanol–water partition coefficient (Wildman–Crippen LogP) is 6.02. The van der Waals surface area contributed by atoms with E-state index in [0.717, 1.165) is 17.2 Å². The van der Waals surface area contributed by atoms with E-state index in [1.54, 1.807) is 0 Å². The van der Waals surface area contributed by atoms with Crippen LogP contribution in [0.3, 0.4) is 0 Å². The molecule has 2 bridgehead atoms. The number of nitrogens with zero attached hydrogens (tertiary/aromatic N) is 2. The van der Waals surface area contributed by atoms with E-state index in [1.807, 2.05) is 24.4 Å². The molecule has 3 aromatic rings. The van der Waals surface area contributed by atoms with Crippen LogP contribution in [0, 0.1) is 6.92 Å². The zero-order chi connectivity index (χ0) is 18.4. The molecule has 0 radical (unpaired) electrons. The molecule has 1 aromatic heterocycles. The topological polar surface area (TPSA) is 29.3 Å². The van der Waals surface area contributed by atoms with Crippen LogP contribution in [0.1, 0.15) is 55.5 Å². The lowest BCUT2D eigenvalue weighted by Crippen LogP contribution is -2.44. The van der Waals surface area contributed by atoms with E-state index in [2.05, 4.69) is 55.3 Å². The molecule has 146 valence electrons. The third kappa shape index (κ3) is 3.18. The first-order valence-electron chi connectivity index (χ1n) is 10.0. The van der Waals surface area contributed by atoms with E-state index < -0.39 is 0 Å². The average Bonchev–Trinajstić information content (AvgIpc) is 3.26. The van der Waals surface area contributed by atoms with Crippen LogP contribution < -0.4 is 0 Å². The largest absolute Gasteiger partial charge is 0.440 e. The highest BCUT2D eigenvalue weighted by atomic mass is 16.4. The molecule has 0 aliphatic carbocycles. The Morgan fingerprint density at radius 1 is 1.00 bits per heavy atom. The molecule has 2 aliphatic rings. The van der Waals surface area contributed by atoms with Gasteiger partial charge >= 0.3 is 0 Å². The lowest BCUT2D eigenvalue weighted by Gasteiger charge is -2.42. The van der Waals surface area contributed by atoms with Crippen molar-refractivity contribution in [2.24, 2.45) is 0 Å². The Balaban J connectivity index is 0.00000192. The van der Waals surface area contributed by atoms with Crippen molar-refractivity contribution in [2.45, 2.75) is 57.5 Å². The fraction of sp³-hybridized carbons (Fsp3) is 0.400. The smallest absolute Gasteiger partial charge is 0.200 e. The number of rotatable bonds is 3. The maximum atomic E-state index is 6.35. The van der Waals surface area contributed by atoms with Crippen LogP contribution in [0.25, 0.3) is 11.3 Å². The molecule has 4 atom stereocenters. The second kappa shape index (κ2) is 7.56. The fourth-order valence-corrected chi connectivity index (χ4v) is 5.14. The Morgan fingerprint density at radius 2 is 1.75 bits per heavy atom. The van der Waals surface area contributed by atoms with Gasteiger partial charge in [-0.2, -0.15) is 0 Å². The van der Waals surface area contributed by atoms with Gasteiger partial charge in [-0.25, -0.2) is 4.98 Å². The molecule has 2 aromatic carbocycles. The van der Waals surface area contributed by atoms with Gasteiger partial charge in [0.15, 0.2) is 11.7 Å². The Bertz CT molecular complexity index is 915. The summed E-state index contributed by atoms with van der Waals surface area (Å²) in [7, 11) is 2.28. The normalized spacial score (nSPS) is 26.8. The van der Waals surface area contributed by atoms with E-state index in [4.69, 9.17) is 9.40 Å². The van der Waals surface area contributed by atoms with Crippen LogP contribution in [0.4, 0.5) is 0 Å². The summed E-state index contributed by atoms with van der Waals surface area (Å²) in [5.74, 6) is 2.56. The molecule has 2 fully saturated rings. The standard InChI is InChI=1S/C24H26N2O.CH4/c1-16-8-10-17(11-9-16)20-14-19-12-13-21(26(19)2)23(20)24-25-15-22(27-24)18-6-4-3-5-7-18;/h3-11,15,19-21,23H,12-14H2,1-2H3;1H4. The number of oxazole rings is 1. The summed E-state index contributed by atoms with van der Waals surface area (Å²) in [4.78, 5) is 7.34. The Kier molecular flexibility index (Phi) is 5.11. The molecule has 3 nitrogen and oxygen atoms in total. The molecular weight excluding hydrogens is 344 g/mol. The molecule has 0 saturated carbocycles. The maximum Gasteiger partial charge on any atom is 0.200 e. The van der Waals surface area contributed by atoms with Crippen molar-refractivity contribution in [1.82, 2.24) is 9.88 Å². The molecule has 3 heteroatoms. The van der Waals surface area contributed by atoms with E-state index in [1.165, 1.54) is 30.4 Å². The second-order valence-corrected chi connectivity index (χ2v) is 8.17. The summed E-state index contributed by atoms with van der Waals surface area (Å²) in [5, 5.41) is 0. The molecule has 0 N–H and O–H groups in total. The van der Waals surface area contributed by atoms with Gasteiger partial charge in [0.2, 0.25) is 0 Å². The minimum absolute atomic E-state index is 0. The van der Waals surface area contributed by atoms with Crippen molar-refractivity contribution < 1.29 is 4.42 Å². The summed E-state index contributed by atoms with van der Waals surface area (Å²) in [6, 6.07) is 20.6. The van der Waals surface area contributed by atoms with Crippen LogP contribution in [-0.2, 0) is 0 Å². The minimum atomic E-state index is 0. The Labute approximate surface area is 168 Å². The van der Waals surface area contributed by atoms with Crippen molar-refractivity contribution >= 4 is 0 Å². The molecule has 0 amide bonds. The first-order chi connectivity index (χ1) is 13.2. The third-order valence-electron chi connectivity index (χ3n) is 6.64. The van der Waals surface area contributed by atoms with Crippen molar-refractivity contribution in [3.63, 3.8) is 0 Å². The molecule has 28 heavy (non-hydrogen) atoms. The van der Waals surface area contributed by atoms with E-state index in [-0.39, 0.29) is 7.43 Å². The van der Waals surface area contributed by atoms with Gasteiger partial charge in [0, 0.05) is 17.6 Å². The number of benzene rings is 2. The van der Waals surface area contributed by atoms with Crippen molar-refractivity contribution in [2.75, 3.05) is 7.05 Å². The van der Waals surface area contributed by atoms with Gasteiger partial charge in [-0.15, -0.1) is 0 Å². The highest BCUT2D eigenvalue weighted by molar-refractivity contribution is 5.56. The van der Waals surface area contributed by atoms with Crippen LogP contribution in [0.5, 0.6) is 0 Å². The molecule has 0 spiro atoms. The van der Waals surface area contributed by atoms with Gasteiger partial charge in [0.25, 0.3) is 0 Å². The van der Waals surface area contributed by atoms with Crippen molar-refractivity contribution in [3.05, 3.63) is 77.8 Å². The quantitative estimate of drug-likeness (QED) is 0.561. The average molecular weight is 375 g/mol. The van der Waals surface area contributed by atoms with Gasteiger partial charge in [-0.1, -0.05) is 67.6 Å². The number of piperidine rings is 1. The number of aryl methyl sites for hydroxylation is 1. The van der Waals surface area contributed by atoms with Gasteiger partial charge in [-0.05, 0) is 44.7 Å². The summed E-state index contributed by atoms with van der Waals surface area (Å²) < 4.78 is 6.35. The molecule has 4 unspecified atom stereocenters. The maximum absolute atomic E-state index is 6.35. The number of hydrogen-bond acceptors (Lipinski definition) is 3. The Hall–Kier alpha value is -2.39. The van der Waals surface area contributed by atoms with Gasteiger partial charge in [-0.3, -0.25) is 4.90 Å². The van der Waals surface area contributed by atoms with Crippen molar-refractivity contribution in [1.29, 1.82) is 0 Å². The monoisotopic (exact) mass is 374 g/mol. The zero-order valence-electron chi connectivity index (χ0n) is 16.0. The van der Waals surface area contributed by atoms with Crippen LogP contribution in [0.15, 0.2) is 65.2 Å². The summed E-state index contributed by atoms with van der Waals surface area (Å²) in [6.45, 7) is 2.15. The molecule has 3 heterocycles. The second-order valence-electron chi connectivity index (χ2n) is 8.17. The van der Waals surface area contributed by atoms with Gasteiger partial charge < -0.3 is 4.42 Å². The first kappa shape index (κ1) is 18.9.